The second kappa shape index (κ2) is 16.2. The fourth-order valence-electron chi connectivity index (χ4n) is 4.65. The molecule has 44 heavy (non-hydrogen) atoms. The van der Waals surface area contributed by atoms with Crippen LogP contribution in [0.4, 0.5) is 0 Å². The van der Waals surface area contributed by atoms with E-state index < -0.39 is 11.9 Å². The Morgan fingerprint density at radius 1 is 0.773 bits per heavy atom. The Morgan fingerprint density at radius 2 is 1.43 bits per heavy atom. The third-order valence-electron chi connectivity index (χ3n) is 7.02. The normalized spacial score (nSPS) is 10.7. The van der Waals surface area contributed by atoms with E-state index >= 15 is 0 Å². The molecule has 0 atom stereocenters. The molecule has 0 saturated carbocycles. The summed E-state index contributed by atoms with van der Waals surface area (Å²) in [7, 11) is 0. The van der Waals surface area contributed by atoms with Gasteiger partial charge in [0.25, 0.3) is 5.91 Å². The van der Waals surface area contributed by atoms with Gasteiger partial charge in [0.05, 0.1) is 0 Å². The fourth-order valence-corrected chi connectivity index (χ4v) is 6.09. The largest absolute Gasteiger partial charge is 0.474 e. The number of carbonyl (C=O) groups is 3. The smallest absolute Gasteiger partial charge is 0.394 e. The van der Waals surface area contributed by atoms with Crippen LogP contribution in [0, 0.1) is 0 Å². The zero-order valence-electron chi connectivity index (χ0n) is 24.4. The van der Waals surface area contributed by atoms with E-state index in [1.165, 1.54) is 29.7 Å². The van der Waals surface area contributed by atoms with Gasteiger partial charge >= 0.3 is 11.9 Å². The molecule has 0 radical (unpaired) electrons. The number of unbranched alkanes of at least 4 members (excludes halogenated alkanes) is 2. The fraction of sp³-hybridized carbons (Fsp3) is 0.229. The predicted octanol–water partition coefficient (Wildman–Crippen LogP) is 8.28. The van der Waals surface area contributed by atoms with Crippen molar-refractivity contribution in [3.63, 3.8) is 0 Å². The lowest BCUT2D eigenvalue weighted by Crippen LogP contribution is -2.35. The third-order valence-corrected chi connectivity index (χ3v) is 8.43. The minimum absolute atomic E-state index is 0.0113. The summed E-state index contributed by atoms with van der Waals surface area (Å²) < 4.78 is 7.03. The number of aliphatic carboxylic acids is 1. The monoisotopic (exact) mass is 720 g/mol. The van der Waals surface area contributed by atoms with Gasteiger partial charge in [-0.2, -0.15) is 0 Å². The van der Waals surface area contributed by atoms with Gasteiger partial charge in [0.15, 0.2) is 0 Å². The average molecular weight is 722 g/mol. The maximum absolute atomic E-state index is 13.0. The van der Waals surface area contributed by atoms with E-state index in [1.54, 1.807) is 36.4 Å². The molecule has 0 aromatic heterocycles. The molecule has 0 spiro atoms. The molecule has 0 aliphatic heterocycles. The minimum Gasteiger partial charge on any atom is -0.474 e. The molecule has 4 rings (SSSR count). The first-order chi connectivity index (χ1) is 21.2. The highest BCUT2D eigenvalue weighted by Gasteiger charge is 2.24. The number of benzene rings is 4. The van der Waals surface area contributed by atoms with Crippen molar-refractivity contribution in [3.8, 4) is 11.5 Å². The van der Waals surface area contributed by atoms with Gasteiger partial charge in [0, 0.05) is 34.1 Å². The van der Waals surface area contributed by atoms with E-state index in [-0.39, 0.29) is 19.0 Å². The van der Waals surface area contributed by atoms with Crippen LogP contribution in [0.5, 0.6) is 11.5 Å². The van der Waals surface area contributed by atoms with Crippen LogP contribution in [-0.4, -0.2) is 27.8 Å². The summed E-state index contributed by atoms with van der Waals surface area (Å²) in [5.74, 6) is -1.62. The number of carboxylic acid groups (broad SMARTS) is 1. The van der Waals surface area contributed by atoms with Crippen molar-refractivity contribution in [1.29, 1.82) is 0 Å². The van der Waals surface area contributed by atoms with Gasteiger partial charge < -0.3 is 20.1 Å². The molecule has 228 valence electrons. The molecule has 4 aromatic rings. The number of ether oxygens (including phenoxy) is 1. The van der Waals surface area contributed by atoms with Crippen molar-refractivity contribution in [1.82, 2.24) is 10.2 Å². The number of nitrogens with zero attached hydrogens (tertiary/aromatic N) is 1. The minimum atomic E-state index is -1.56. The predicted molar refractivity (Wildman–Crippen MR) is 178 cm³/mol. The molecule has 2 N–H and O–H groups in total. The number of hydrogen-bond donors (Lipinski definition) is 2. The lowest BCUT2D eigenvalue weighted by atomic mass is 10.1. The summed E-state index contributed by atoms with van der Waals surface area (Å²) in [6.45, 7) is 2.60. The lowest BCUT2D eigenvalue weighted by Gasteiger charge is -2.23. The number of halogens is 2. The Bertz CT molecular complexity index is 1570. The summed E-state index contributed by atoms with van der Waals surface area (Å²) in [6, 6.07) is 28.1. The highest BCUT2D eigenvalue weighted by atomic mass is 79.9. The number of hydrogen-bond acceptors (Lipinski definition) is 4. The van der Waals surface area contributed by atoms with Gasteiger partial charge in [-0.3, -0.25) is 9.59 Å². The van der Waals surface area contributed by atoms with E-state index in [9.17, 15) is 19.5 Å². The van der Waals surface area contributed by atoms with E-state index in [0.29, 0.717) is 43.7 Å². The summed E-state index contributed by atoms with van der Waals surface area (Å²) in [5.41, 5.74) is 4.05. The Hall–Kier alpha value is -3.95. The molecule has 0 unspecified atom stereocenters. The molecule has 9 heteroatoms. The molecule has 0 fully saturated rings. The van der Waals surface area contributed by atoms with Crippen LogP contribution in [0.2, 0.25) is 0 Å². The Morgan fingerprint density at radius 3 is 2.09 bits per heavy atom. The average Bonchev–Trinajstić information content (AvgIpc) is 3.02. The van der Waals surface area contributed by atoms with Crippen molar-refractivity contribution >= 4 is 49.6 Å². The van der Waals surface area contributed by atoms with E-state index in [4.69, 9.17) is 4.74 Å². The second-order valence-corrected chi connectivity index (χ2v) is 12.1. The number of rotatable bonds is 13. The molecule has 0 aliphatic rings. The first-order valence-electron chi connectivity index (χ1n) is 14.4. The second-order valence-electron chi connectivity index (χ2n) is 10.4. The van der Waals surface area contributed by atoms with Crippen molar-refractivity contribution in [3.05, 3.63) is 128 Å². The van der Waals surface area contributed by atoms with Gasteiger partial charge in [-0.25, -0.2) is 4.79 Å². The SMILES string of the molecule is CCCCCc1ccc(CNC(=O)c2cc(Br)c(CN(Cc3cccc(Oc4ccccc4)c3)C(=O)C(=O)O)c(Br)c2)cc1. The van der Waals surface area contributed by atoms with Gasteiger partial charge in [-0.1, -0.05) is 106 Å². The van der Waals surface area contributed by atoms with Crippen molar-refractivity contribution in [2.75, 3.05) is 0 Å². The number of nitrogens with one attached hydrogen (secondary N) is 1. The zero-order valence-corrected chi connectivity index (χ0v) is 27.6. The van der Waals surface area contributed by atoms with Crippen LogP contribution >= 0.6 is 31.9 Å². The third kappa shape index (κ3) is 9.53. The van der Waals surface area contributed by atoms with Crippen molar-refractivity contribution < 1.29 is 24.2 Å². The summed E-state index contributed by atoms with van der Waals surface area (Å²) in [4.78, 5) is 38.7. The molecule has 0 bridgehead atoms. The molecule has 0 aliphatic carbocycles. The van der Waals surface area contributed by atoms with Gasteiger partial charge in [-0.15, -0.1) is 0 Å². The number of carboxylic acids is 1. The number of aryl methyl sites for hydroxylation is 1. The van der Waals surface area contributed by atoms with Crippen LogP contribution in [-0.2, 0) is 35.6 Å². The quantitative estimate of drug-likeness (QED) is 0.107. The maximum atomic E-state index is 13.0. The van der Waals surface area contributed by atoms with Crippen LogP contribution in [0.1, 0.15) is 58.8 Å². The van der Waals surface area contributed by atoms with Gasteiger partial charge in [-0.05, 0) is 71.5 Å². The van der Waals surface area contributed by atoms with E-state index in [2.05, 4.69) is 56.2 Å². The number of amides is 2. The van der Waals surface area contributed by atoms with Gasteiger partial charge in [0.1, 0.15) is 11.5 Å². The lowest BCUT2D eigenvalue weighted by molar-refractivity contribution is -0.156. The topological polar surface area (TPSA) is 95.9 Å². The first-order valence-corrected chi connectivity index (χ1v) is 16.0. The van der Waals surface area contributed by atoms with Gasteiger partial charge in [0.2, 0.25) is 0 Å². The molecule has 2 amide bonds. The van der Waals surface area contributed by atoms with Crippen LogP contribution < -0.4 is 10.1 Å². The summed E-state index contributed by atoms with van der Waals surface area (Å²) >= 11 is 7.06. The van der Waals surface area contributed by atoms with Crippen LogP contribution in [0.15, 0.2) is 99.9 Å². The van der Waals surface area contributed by atoms with E-state index in [0.717, 1.165) is 12.0 Å². The number of para-hydroxylation sites is 1. The van der Waals surface area contributed by atoms with Crippen LogP contribution in [0.25, 0.3) is 0 Å². The highest BCUT2D eigenvalue weighted by Crippen LogP contribution is 2.30. The van der Waals surface area contributed by atoms with Crippen LogP contribution in [0.3, 0.4) is 0 Å². The Labute approximate surface area is 274 Å². The van der Waals surface area contributed by atoms with E-state index in [1.807, 2.05) is 42.5 Å². The molecular weight excluding hydrogens is 688 g/mol. The maximum Gasteiger partial charge on any atom is 0.394 e. The Kier molecular flexibility index (Phi) is 12.1. The number of carbonyl (C=O) groups excluding carboxylic acids is 2. The molecular formula is C35H34Br2N2O5. The Balaban J connectivity index is 1.43. The summed E-state index contributed by atoms with van der Waals surface area (Å²) in [6.07, 6.45) is 4.63. The van der Waals surface area contributed by atoms with Crippen molar-refractivity contribution in [2.45, 2.75) is 52.2 Å². The molecule has 7 nitrogen and oxygen atoms in total. The first kappa shape index (κ1) is 33.0. The summed E-state index contributed by atoms with van der Waals surface area (Å²) in [5, 5.41) is 12.5. The molecule has 0 saturated heterocycles. The van der Waals surface area contributed by atoms with Crippen molar-refractivity contribution in [2.24, 2.45) is 0 Å². The molecule has 0 heterocycles. The highest BCUT2D eigenvalue weighted by molar-refractivity contribution is 9.11. The standard InChI is InChI=1S/C35H34Br2N2O5/c1-2-3-5-9-24-14-16-25(17-15-24)21-38-33(40)27-19-31(36)30(32(37)20-27)23-39(34(41)35(42)43)22-26-10-8-13-29(18-26)44-28-11-6-4-7-12-28/h4,6-8,10-20H,2-3,5,9,21-23H2,1H3,(H,38,40)(H,42,43). The molecule has 4 aromatic carbocycles. The zero-order chi connectivity index (χ0) is 31.5.